The van der Waals surface area contributed by atoms with Crippen LogP contribution in [0.1, 0.15) is 13.8 Å². The molecule has 0 aromatic carbocycles. The van der Waals surface area contributed by atoms with Gasteiger partial charge >= 0.3 is 0 Å². The predicted molar refractivity (Wildman–Crippen MR) is 58.5 cm³/mol. The first-order chi connectivity index (χ1) is 7.68. The number of hydrogen-bond donors (Lipinski definition) is 1. The van der Waals surface area contributed by atoms with E-state index in [1.165, 1.54) is 0 Å². The molecule has 5 nitrogen and oxygen atoms in total. The van der Waals surface area contributed by atoms with Gasteiger partial charge in [-0.05, 0) is 13.8 Å². The zero-order valence-electron chi connectivity index (χ0n) is 10.1. The van der Waals surface area contributed by atoms with E-state index in [0.29, 0.717) is 39.1 Å². The van der Waals surface area contributed by atoms with Crippen molar-refractivity contribution in [3.63, 3.8) is 0 Å². The summed E-state index contributed by atoms with van der Waals surface area (Å²) >= 11 is 0. The lowest BCUT2D eigenvalue weighted by Crippen LogP contribution is -2.22. The van der Waals surface area contributed by atoms with Crippen LogP contribution < -0.4 is 0 Å². The van der Waals surface area contributed by atoms with Crippen molar-refractivity contribution in [1.82, 2.24) is 0 Å². The molecule has 3 atom stereocenters. The highest BCUT2D eigenvalue weighted by atomic mass is 16.6. The highest BCUT2D eigenvalue weighted by Crippen LogP contribution is 2.08. The maximum absolute atomic E-state index is 9.00. The predicted octanol–water partition coefficient (Wildman–Crippen LogP) is 0.204. The highest BCUT2D eigenvalue weighted by molar-refractivity contribution is 4.66. The Labute approximate surface area is 96.6 Å². The molecular formula is C11H22O5. The molecule has 1 heterocycles. The molecule has 1 aliphatic heterocycles. The standard InChI is InChI=1S/C11H22O5/c1-9(12)5-15-10(2)6-13-3-4-14-7-11-8-16-11/h9-12H,3-8H2,1-2H3. The van der Waals surface area contributed by atoms with Crippen molar-refractivity contribution in [2.24, 2.45) is 0 Å². The van der Waals surface area contributed by atoms with Crippen LogP contribution in [0.25, 0.3) is 0 Å². The Morgan fingerprint density at radius 2 is 1.94 bits per heavy atom. The zero-order chi connectivity index (χ0) is 11.8. The van der Waals surface area contributed by atoms with Crippen LogP contribution in [0.4, 0.5) is 0 Å². The third-order valence-corrected chi connectivity index (χ3v) is 2.05. The number of hydrogen-bond acceptors (Lipinski definition) is 5. The summed E-state index contributed by atoms with van der Waals surface area (Å²) in [6.07, 6.45) is -0.112. The molecule has 1 aliphatic rings. The van der Waals surface area contributed by atoms with Gasteiger partial charge in [0, 0.05) is 0 Å². The molecule has 0 aliphatic carbocycles. The number of ether oxygens (including phenoxy) is 4. The average Bonchev–Trinajstić information content (AvgIpc) is 3.04. The first kappa shape index (κ1) is 13.9. The van der Waals surface area contributed by atoms with E-state index in [2.05, 4.69) is 0 Å². The molecule has 0 aromatic rings. The van der Waals surface area contributed by atoms with Gasteiger partial charge in [-0.3, -0.25) is 0 Å². The Morgan fingerprint density at radius 1 is 1.25 bits per heavy atom. The molecule has 1 rings (SSSR count). The zero-order valence-corrected chi connectivity index (χ0v) is 10.1. The fraction of sp³-hybridized carbons (Fsp3) is 1.00. The van der Waals surface area contributed by atoms with Gasteiger partial charge in [-0.15, -0.1) is 0 Å². The maximum atomic E-state index is 9.00. The molecule has 0 aromatic heterocycles. The second-order valence-corrected chi connectivity index (χ2v) is 4.10. The third-order valence-electron chi connectivity index (χ3n) is 2.05. The summed E-state index contributed by atoms with van der Waals surface area (Å²) in [6, 6.07) is 0. The molecule has 1 saturated heterocycles. The first-order valence-electron chi connectivity index (χ1n) is 5.75. The summed E-state index contributed by atoms with van der Waals surface area (Å²) < 4.78 is 21.0. The van der Waals surface area contributed by atoms with E-state index in [1.807, 2.05) is 6.92 Å². The average molecular weight is 234 g/mol. The monoisotopic (exact) mass is 234 g/mol. The van der Waals surface area contributed by atoms with Gasteiger partial charge in [-0.2, -0.15) is 0 Å². The van der Waals surface area contributed by atoms with Crippen LogP contribution in [0.15, 0.2) is 0 Å². The van der Waals surface area contributed by atoms with E-state index in [1.54, 1.807) is 6.92 Å². The van der Waals surface area contributed by atoms with E-state index in [0.717, 1.165) is 6.61 Å². The summed E-state index contributed by atoms with van der Waals surface area (Å²) in [6.45, 7) is 7.12. The highest BCUT2D eigenvalue weighted by Gasteiger charge is 2.21. The molecule has 0 bridgehead atoms. The smallest absolute Gasteiger partial charge is 0.104 e. The molecule has 96 valence electrons. The minimum Gasteiger partial charge on any atom is -0.391 e. The van der Waals surface area contributed by atoms with Crippen molar-refractivity contribution >= 4 is 0 Å². The van der Waals surface area contributed by atoms with Gasteiger partial charge in [0.05, 0.1) is 51.8 Å². The van der Waals surface area contributed by atoms with Crippen molar-refractivity contribution in [3.8, 4) is 0 Å². The topological polar surface area (TPSA) is 60.5 Å². The van der Waals surface area contributed by atoms with Gasteiger partial charge in [0.15, 0.2) is 0 Å². The maximum Gasteiger partial charge on any atom is 0.104 e. The Bertz CT molecular complexity index is 170. The van der Waals surface area contributed by atoms with Crippen LogP contribution in [0.5, 0.6) is 0 Å². The minimum atomic E-state index is -0.427. The Hall–Kier alpha value is -0.200. The van der Waals surface area contributed by atoms with E-state index < -0.39 is 6.10 Å². The summed E-state index contributed by atoms with van der Waals surface area (Å²) in [5.41, 5.74) is 0. The van der Waals surface area contributed by atoms with Gasteiger partial charge < -0.3 is 24.1 Å². The van der Waals surface area contributed by atoms with Gasteiger partial charge in [-0.25, -0.2) is 0 Å². The fourth-order valence-electron chi connectivity index (χ4n) is 1.10. The van der Waals surface area contributed by atoms with Crippen LogP contribution in [0.3, 0.4) is 0 Å². The fourth-order valence-corrected chi connectivity index (χ4v) is 1.10. The number of aliphatic hydroxyl groups is 1. The van der Waals surface area contributed by atoms with Crippen molar-refractivity contribution in [1.29, 1.82) is 0 Å². The summed E-state index contributed by atoms with van der Waals surface area (Å²) in [7, 11) is 0. The van der Waals surface area contributed by atoms with Gasteiger partial charge in [0.1, 0.15) is 6.10 Å². The van der Waals surface area contributed by atoms with Crippen molar-refractivity contribution in [3.05, 3.63) is 0 Å². The van der Waals surface area contributed by atoms with Gasteiger partial charge in [-0.1, -0.05) is 0 Å². The number of aliphatic hydroxyl groups excluding tert-OH is 1. The van der Waals surface area contributed by atoms with Crippen LogP contribution in [0.2, 0.25) is 0 Å². The van der Waals surface area contributed by atoms with E-state index in [4.69, 9.17) is 24.1 Å². The third kappa shape index (κ3) is 8.01. The molecule has 5 heteroatoms. The summed E-state index contributed by atoms with van der Waals surface area (Å²) in [4.78, 5) is 0. The molecule has 3 unspecified atom stereocenters. The Kier molecular flexibility index (Phi) is 6.91. The van der Waals surface area contributed by atoms with E-state index in [-0.39, 0.29) is 6.10 Å². The lowest BCUT2D eigenvalue weighted by atomic mass is 10.4. The molecular weight excluding hydrogens is 212 g/mol. The van der Waals surface area contributed by atoms with Crippen LogP contribution in [0, 0.1) is 0 Å². The molecule has 0 saturated carbocycles. The molecule has 0 spiro atoms. The van der Waals surface area contributed by atoms with Crippen LogP contribution >= 0.6 is 0 Å². The second-order valence-electron chi connectivity index (χ2n) is 4.10. The number of epoxide rings is 1. The van der Waals surface area contributed by atoms with Crippen molar-refractivity contribution < 1.29 is 24.1 Å². The van der Waals surface area contributed by atoms with Crippen LogP contribution in [-0.4, -0.2) is 63.1 Å². The minimum absolute atomic E-state index is 0.00126. The molecule has 1 fully saturated rings. The first-order valence-corrected chi connectivity index (χ1v) is 5.75. The summed E-state index contributed by atoms with van der Waals surface area (Å²) in [5, 5.41) is 9.00. The molecule has 1 N–H and O–H groups in total. The SMILES string of the molecule is CC(O)COC(C)COCCOCC1CO1. The molecule has 16 heavy (non-hydrogen) atoms. The van der Waals surface area contributed by atoms with E-state index >= 15 is 0 Å². The van der Waals surface area contributed by atoms with Gasteiger partial charge in [0.25, 0.3) is 0 Å². The Balaban J connectivity index is 1.78. The number of rotatable bonds is 10. The second kappa shape index (κ2) is 7.97. The van der Waals surface area contributed by atoms with E-state index in [9.17, 15) is 0 Å². The quantitative estimate of drug-likeness (QED) is 0.432. The lowest BCUT2D eigenvalue weighted by molar-refractivity contribution is -0.0461. The Morgan fingerprint density at radius 3 is 2.56 bits per heavy atom. The lowest BCUT2D eigenvalue weighted by Gasteiger charge is -2.14. The largest absolute Gasteiger partial charge is 0.391 e. The van der Waals surface area contributed by atoms with Crippen molar-refractivity contribution in [2.45, 2.75) is 32.2 Å². The molecule has 0 amide bonds. The van der Waals surface area contributed by atoms with Crippen molar-refractivity contribution in [2.75, 3.05) is 39.6 Å². The normalized spacial score (nSPS) is 23.1. The van der Waals surface area contributed by atoms with Crippen LogP contribution in [-0.2, 0) is 18.9 Å². The summed E-state index contributed by atoms with van der Waals surface area (Å²) in [5.74, 6) is 0. The molecule has 0 radical (unpaired) electrons. The van der Waals surface area contributed by atoms with Gasteiger partial charge in [0.2, 0.25) is 0 Å².